The Bertz CT molecular complexity index is 852. The van der Waals surface area contributed by atoms with E-state index in [1.54, 1.807) is 12.5 Å². The number of amides is 1. The molecule has 24 heavy (non-hydrogen) atoms. The number of hydrogen-bond acceptors (Lipinski definition) is 3. The largest absolute Gasteiger partial charge is 0.342 e. The first-order chi connectivity index (χ1) is 11.7. The number of nitrogens with one attached hydrogen (secondary N) is 1. The molecule has 1 aromatic carbocycles. The molecule has 124 valence electrons. The molecule has 3 aromatic rings. The lowest BCUT2D eigenvalue weighted by Crippen LogP contribution is -2.41. The van der Waals surface area contributed by atoms with E-state index in [4.69, 9.17) is 4.98 Å². The Labute approximate surface area is 140 Å². The molecule has 0 bridgehead atoms. The molecular weight excluding hydrogens is 302 g/mol. The van der Waals surface area contributed by atoms with Gasteiger partial charge in [-0.05, 0) is 37.5 Å². The molecule has 1 amide bonds. The summed E-state index contributed by atoms with van der Waals surface area (Å²) in [5, 5.41) is 0. The lowest BCUT2D eigenvalue weighted by atomic mass is 9.97. The number of imidazole rings is 2. The Morgan fingerprint density at radius 3 is 3.17 bits per heavy atom. The predicted molar refractivity (Wildman–Crippen MR) is 91.6 cm³/mol. The van der Waals surface area contributed by atoms with Crippen LogP contribution in [-0.4, -0.2) is 43.4 Å². The van der Waals surface area contributed by atoms with Gasteiger partial charge in [-0.15, -0.1) is 0 Å². The zero-order valence-corrected chi connectivity index (χ0v) is 13.8. The quantitative estimate of drug-likeness (QED) is 0.805. The van der Waals surface area contributed by atoms with Gasteiger partial charge < -0.3 is 14.5 Å². The Morgan fingerprint density at radius 2 is 2.33 bits per heavy atom. The highest BCUT2D eigenvalue weighted by Crippen LogP contribution is 2.27. The highest BCUT2D eigenvalue weighted by atomic mass is 16.2. The standard InChI is InChI=1S/C18H21N5O/c1-13-4-5-15-16(9-13)21-18(20-15)14-3-2-7-23(10-14)17(24)11-22-8-6-19-12-22/h4-6,8-9,12,14H,2-3,7,10-11H2,1H3,(H,20,21)/t14-/m0/s1. The SMILES string of the molecule is Cc1ccc2nc([C@H]3CCCN(C(=O)Cn4ccnc4)C3)[nH]c2c1. The van der Waals surface area contributed by atoms with Crippen molar-refractivity contribution in [3.63, 3.8) is 0 Å². The van der Waals surface area contributed by atoms with E-state index in [1.807, 2.05) is 15.7 Å². The molecule has 6 nitrogen and oxygen atoms in total. The maximum absolute atomic E-state index is 12.5. The Kier molecular flexibility index (Phi) is 3.80. The van der Waals surface area contributed by atoms with Crippen LogP contribution >= 0.6 is 0 Å². The Morgan fingerprint density at radius 1 is 1.42 bits per heavy atom. The second-order valence-electron chi connectivity index (χ2n) is 6.56. The first-order valence-electron chi connectivity index (χ1n) is 8.39. The van der Waals surface area contributed by atoms with Gasteiger partial charge in [0.15, 0.2) is 0 Å². The Hall–Kier alpha value is -2.63. The minimum absolute atomic E-state index is 0.143. The zero-order chi connectivity index (χ0) is 16.5. The van der Waals surface area contributed by atoms with Gasteiger partial charge in [0.25, 0.3) is 0 Å². The van der Waals surface area contributed by atoms with Crippen molar-refractivity contribution in [2.75, 3.05) is 13.1 Å². The van der Waals surface area contributed by atoms with Gasteiger partial charge in [-0.3, -0.25) is 4.79 Å². The molecule has 1 N–H and O–H groups in total. The van der Waals surface area contributed by atoms with E-state index in [0.29, 0.717) is 6.54 Å². The summed E-state index contributed by atoms with van der Waals surface area (Å²) in [7, 11) is 0. The fourth-order valence-electron chi connectivity index (χ4n) is 3.40. The lowest BCUT2D eigenvalue weighted by molar-refractivity contribution is -0.133. The third kappa shape index (κ3) is 2.91. The van der Waals surface area contributed by atoms with Crippen molar-refractivity contribution in [2.45, 2.75) is 32.2 Å². The van der Waals surface area contributed by atoms with Crippen molar-refractivity contribution in [2.24, 2.45) is 0 Å². The van der Waals surface area contributed by atoms with Crippen LogP contribution in [0.15, 0.2) is 36.9 Å². The van der Waals surface area contributed by atoms with Crippen LogP contribution in [0, 0.1) is 6.92 Å². The molecule has 3 heterocycles. The molecule has 1 saturated heterocycles. The van der Waals surface area contributed by atoms with Gasteiger partial charge in [-0.25, -0.2) is 9.97 Å². The molecule has 0 unspecified atom stereocenters. The highest BCUT2D eigenvalue weighted by Gasteiger charge is 2.26. The third-order valence-electron chi connectivity index (χ3n) is 4.69. The number of aromatic nitrogens is 4. The van der Waals surface area contributed by atoms with Crippen molar-refractivity contribution in [3.8, 4) is 0 Å². The smallest absolute Gasteiger partial charge is 0.242 e. The minimum Gasteiger partial charge on any atom is -0.342 e. The second kappa shape index (κ2) is 6.11. The molecule has 6 heteroatoms. The fourth-order valence-corrected chi connectivity index (χ4v) is 3.40. The van der Waals surface area contributed by atoms with Gasteiger partial charge in [0, 0.05) is 31.4 Å². The third-order valence-corrected chi connectivity index (χ3v) is 4.69. The van der Waals surface area contributed by atoms with Crippen LogP contribution in [0.25, 0.3) is 11.0 Å². The molecule has 4 rings (SSSR count). The number of H-pyrrole nitrogens is 1. The van der Waals surface area contributed by atoms with Crippen LogP contribution < -0.4 is 0 Å². The van der Waals surface area contributed by atoms with Crippen molar-refractivity contribution in [1.29, 1.82) is 0 Å². The number of fused-ring (bicyclic) bond motifs is 1. The van der Waals surface area contributed by atoms with Gasteiger partial charge in [-0.1, -0.05) is 6.07 Å². The Balaban J connectivity index is 1.50. The van der Waals surface area contributed by atoms with Crippen molar-refractivity contribution in [1.82, 2.24) is 24.4 Å². The number of carbonyl (C=O) groups excluding carboxylic acids is 1. The average molecular weight is 323 g/mol. The highest BCUT2D eigenvalue weighted by molar-refractivity contribution is 5.77. The summed E-state index contributed by atoms with van der Waals surface area (Å²) in [5.41, 5.74) is 3.29. The zero-order valence-electron chi connectivity index (χ0n) is 13.8. The maximum atomic E-state index is 12.5. The van der Waals surface area contributed by atoms with E-state index in [2.05, 4.69) is 35.1 Å². The van der Waals surface area contributed by atoms with Gasteiger partial charge >= 0.3 is 0 Å². The number of nitrogens with zero attached hydrogens (tertiary/aromatic N) is 4. The van der Waals surface area contributed by atoms with E-state index in [1.165, 1.54) is 5.56 Å². The summed E-state index contributed by atoms with van der Waals surface area (Å²) < 4.78 is 1.82. The molecule has 0 spiro atoms. The predicted octanol–water partition coefficient (Wildman–Crippen LogP) is 2.47. The number of aryl methyl sites for hydroxylation is 1. The second-order valence-corrected chi connectivity index (χ2v) is 6.56. The summed E-state index contributed by atoms with van der Waals surface area (Å²) in [6.45, 7) is 3.98. The molecule has 1 atom stereocenters. The van der Waals surface area contributed by atoms with Crippen LogP contribution in [-0.2, 0) is 11.3 Å². The maximum Gasteiger partial charge on any atom is 0.242 e. The molecule has 0 radical (unpaired) electrons. The van der Waals surface area contributed by atoms with Crippen molar-refractivity contribution in [3.05, 3.63) is 48.3 Å². The average Bonchev–Trinajstić information content (AvgIpc) is 3.24. The van der Waals surface area contributed by atoms with E-state index >= 15 is 0 Å². The van der Waals surface area contributed by atoms with Crippen LogP contribution in [0.2, 0.25) is 0 Å². The molecule has 1 aliphatic rings. The summed E-state index contributed by atoms with van der Waals surface area (Å²) in [5.74, 6) is 1.42. The fraction of sp³-hybridized carbons (Fsp3) is 0.389. The number of rotatable bonds is 3. The summed E-state index contributed by atoms with van der Waals surface area (Å²) >= 11 is 0. The summed E-state index contributed by atoms with van der Waals surface area (Å²) in [6, 6.07) is 6.25. The van der Waals surface area contributed by atoms with Gasteiger partial charge in [0.05, 0.1) is 17.4 Å². The number of carbonyl (C=O) groups is 1. The normalized spacial score (nSPS) is 18.2. The molecule has 1 fully saturated rings. The van der Waals surface area contributed by atoms with E-state index in [-0.39, 0.29) is 11.8 Å². The number of likely N-dealkylation sites (tertiary alicyclic amines) is 1. The van der Waals surface area contributed by atoms with Crippen LogP contribution in [0.3, 0.4) is 0 Å². The van der Waals surface area contributed by atoms with Gasteiger partial charge in [0.1, 0.15) is 12.4 Å². The van der Waals surface area contributed by atoms with Crippen LogP contribution in [0.4, 0.5) is 0 Å². The molecule has 2 aromatic heterocycles. The minimum atomic E-state index is 0.143. The molecule has 1 aliphatic heterocycles. The lowest BCUT2D eigenvalue weighted by Gasteiger charge is -2.32. The van der Waals surface area contributed by atoms with Crippen molar-refractivity contribution >= 4 is 16.9 Å². The first kappa shape index (κ1) is 14.9. The molecule has 0 aliphatic carbocycles. The van der Waals surface area contributed by atoms with Gasteiger partial charge in [-0.2, -0.15) is 0 Å². The number of aromatic amines is 1. The number of hydrogen-bond donors (Lipinski definition) is 1. The molecular formula is C18H21N5O. The van der Waals surface area contributed by atoms with E-state index < -0.39 is 0 Å². The van der Waals surface area contributed by atoms with Crippen molar-refractivity contribution < 1.29 is 4.79 Å². The number of benzene rings is 1. The van der Waals surface area contributed by atoms with Crippen LogP contribution in [0.1, 0.15) is 30.1 Å². The first-order valence-corrected chi connectivity index (χ1v) is 8.39. The molecule has 0 saturated carbocycles. The van der Waals surface area contributed by atoms with E-state index in [9.17, 15) is 4.79 Å². The monoisotopic (exact) mass is 323 g/mol. The topological polar surface area (TPSA) is 66.8 Å². The van der Waals surface area contributed by atoms with Crippen LogP contribution in [0.5, 0.6) is 0 Å². The van der Waals surface area contributed by atoms with Gasteiger partial charge in [0.2, 0.25) is 5.91 Å². The summed E-state index contributed by atoms with van der Waals surface area (Å²) in [6.07, 6.45) is 7.27. The number of piperidine rings is 1. The van der Waals surface area contributed by atoms with E-state index in [0.717, 1.165) is 42.8 Å². The summed E-state index contributed by atoms with van der Waals surface area (Å²) in [4.78, 5) is 26.6.